The van der Waals surface area contributed by atoms with Crippen LogP contribution in [0.5, 0.6) is 11.5 Å². The first-order chi connectivity index (χ1) is 19.2. The van der Waals surface area contributed by atoms with Gasteiger partial charge in [0.25, 0.3) is 0 Å². The number of esters is 1. The molecule has 1 aliphatic heterocycles. The summed E-state index contributed by atoms with van der Waals surface area (Å²) in [6, 6.07) is 13.3. The number of hydrogen-bond donors (Lipinski definition) is 0. The maximum atomic E-state index is 13.4. The quantitative estimate of drug-likeness (QED) is 0.307. The van der Waals surface area contributed by atoms with E-state index < -0.39 is 17.2 Å². The Morgan fingerprint density at radius 1 is 0.854 bits per heavy atom. The fourth-order valence-electron chi connectivity index (χ4n) is 4.94. The first kappa shape index (κ1) is 30.2. The summed E-state index contributed by atoms with van der Waals surface area (Å²) in [5, 5.41) is 0. The lowest BCUT2D eigenvalue weighted by Crippen LogP contribution is -2.50. The van der Waals surface area contributed by atoms with Crippen LogP contribution in [0.2, 0.25) is 0 Å². The highest BCUT2D eigenvalue weighted by Gasteiger charge is 2.44. The van der Waals surface area contributed by atoms with Gasteiger partial charge in [-0.1, -0.05) is 18.2 Å². The van der Waals surface area contributed by atoms with E-state index in [1.807, 2.05) is 57.2 Å². The van der Waals surface area contributed by atoms with E-state index in [0.717, 1.165) is 17.7 Å². The highest BCUT2D eigenvalue weighted by molar-refractivity contribution is 6.01. The number of carbonyl (C=O) groups is 3. The fourth-order valence-corrected chi connectivity index (χ4v) is 4.94. The number of nitrogens with zero attached hydrogens (tertiary/aromatic N) is 2. The molecule has 2 atom stereocenters. The number of anilines is 1. The molecule has 1 amide bonds. The third kappa shape index (κ3) is 8.15. The molecule has 0 aromatic heterocycles. The van der Waals surface area contributed by atoms with Crippen LogP contribution in [-0.4, -0.2) is 73.8 Å². The van der Waals surface area contributed by atoms with Crippen LogP contribution in [0.3, 0.4) is 0 Å². The third-order valence-corrected chi connectivity index (χ3v) is 6.94. The number of methoxy groups -OCH3 is 1. The summed E-state index contributed by atoms with van der Waals surface area (Å²) in [6.07, 6.45) is 0.471. The minimum atomic E-state index is -0.585. The molecule has 2 fully saturated rings. The second kappa shape index (κ2) is 12.0. The van der Waals surface area contributed by atoms with Crippen LogP contribution in [0, 0.1) is 5.92 Å². The average Bonchev–Trinajstić information content (AvgIpc) is 3.71. The number of carbonyl (C=O) groups excluding carboxylic acids is 3. The average molecular weight is 567 g/mol. The van der Waals surface area contributed by atoms with E-state index in [0.29, 0.717) is 43.2 Å². The molecule has 1 aliphatic carbocycles. The molecule has 1 saturated carbocycles. The lowest BCUT2D eigenvalue weighted by atomic mass is 10.0. The number of amides is 1. The zero-order chi connectivity index (χ0) is 29.9. The molecule has 0 N–H and O–H groups in total. The standard InChI is InChI=1S/C32H42N2O7/c1-31(2,3)40-28(35)20-39-26-12-11-21(18-27(26)38-7)24-19-25(24)29(36)22-9-8-10-23(17-22)33-13-15-34(16-14-33)30(37)41-32(4,5)6/h8-12,17-18,24-25H,13-16,19-20H2,1-7H3/t24-,25+/m0/s1. The highest BCUT2D eigenvalue weighted by Crippen LogP contribution is 2.50. The van der Waals surface area contributed by atoms with Gasteiger partial charge in [-0.2, -0.15) is 0 Å². The molecule has 2 aliphatic rings. The topological polar surface area (TPSA) is 94.6 Å². The van der Waals surface area contributed by atoms with Crippen molar-refractivity contribution in [3.05, 3.63) is 53.6 Å². The van der Waals surface area contributed by atoms with E-state index >= 15 is 0 Å². The Bertz CT molecular complexity index is 1270. The number of piperazine rings is 1. The lowest BCUT2D eigenvalue weighted by Gasteiger charge is -2.36. The van der Waals surface area contributed by atoms with Crippen LogP contribution < -0.4 is 14.4 Å². The molecule has 2 aromatic rings. The zero-order valence-electron chi connectivity index (χ0n) is 25.2. The van der Waals surface area contributed by atoms with Crippen molar-refractivity contribution in [3.8, 4) is 11.5 Å². The van der Waals surface area contributed by atoms with Gasteiger partial charge >= 0.3 is 12.1 Å². The molecule has 1 heterocycles. The van der Waals surface area contributed by atoms with Crippen molar-refractivity contribution in [2.75, 3.05) is 44.8 Å². The maximum Gasteiger partial charge on any atom is 0.410 e. The van der Waals surface area contributed by atoms with Crippen molar-refractivity contribution in [2.24, 2.45) is 5.92 Å². The van der Waals surface area contributed by atoms with Crippen LogP contribution in [0.1, 0.15) is 69.8 Å². The maximum absolute atomic E-state index is 13.4. The number of ketones is 1. The zero-order valence-corrected chi connectivity index (χ0v) is 25.2. The molecule has 0 spiro atoms. The van der Waals surface area contributed by atoms with Crippen LogP contribution in [0.15, 0.2) is 42.5 Å². The summed E-state index contributed by atoms with van der Waals surface area (Å²) in [5.74, 6) is 0.615. The van der Waals surface area contributed by atoms with Gasteiger partial charge in [-0.3, -0.25) is 4.79 Å². The highest BCUT2D eigenvalue weighted by atomic mass is 16.6. The molecule has 9 heteroatoms. The molecule has 222 valence electrons. The van der Waals surface area contributed by atoms with E-state index in [4.69, 9.17) is 18.9 Å². The Morgan fingerprint density at radius 2 is 1.54 bits per heavy atom. The summed E-state index contributed by atoms with van der Waals surface area (Å²) in [4.78, 5) is 41.8. The van der Waals surface area contributed by atoms with Gasteiger partial charge in [0.05, 0.1) is 7.11 Å². The number of hydrogen-bond acceptors (Lipinski definition) is 8. The van der Waals surface area contributed by atoms with E-state index in [-0.39, 0.29) is 30.3 Å². The van der Waals surface area contributed by atoms with Gasteiger partial charge in [-0.15, -0.1) is 0 Å². The SMILES string of the molecule is COc1cc([C@@H]2C[C@H]2C(=O)c2cccc(N3CCN(C(=O)OC(C)(C)C)CC3)c2)ccc1OCC(=O)OC(C)(C)C. The minimum absolute atomic E-state index is 0.0948. The van der Waals surface area contributed by atoms with Gasteiger partial charge in [-0.25, -0.2) is 9.59 Å². The molecule has 2 aromatic carbocycles. The van der Waals surface area contributed by atoms with Gasteiger partial charge in [-0.05, 0) is 83.7 Å². The van der Waals surface area contributed by atoms with Gasteiger partial charge in [0.1, 0.15) is 11.2 Å². The smallest absolute Gasteiger partial charge is 0.410 e. The van der Waals surface area contributed by atoms with Crippen LogP contribution in [0.25, 0.3) is 0 Å². The Labute approximate surface area is 242 Å². The molecule has 0 unspecified atom stereocenters. The van der Waals surface area contributed by atoms with E-state index in [9.17, 15) is 14.4 Å². The molecular formula is C32H42N2O7. The lowest BCUT2D eigenvalue weighted by molar-refractivity contribution is -0.157. The van der Waals surface area contributed by atoms with Crippen LogP contribution in [0.4, 0.5) is 10.5 Å². The third-order valence-electron chi connectivity index (χ3n) is 6.94. The fraction of sp³-hybridized carbons (Fsp3) is 0.531. The Hall–Kier alpha value is -3.75. The van der Waals surface area contributed by atoms with Crippen molar-refractivity contribution >= 4 is 23.5 Å². The summed E-state index contributed by atoms with van der Waals surface area (Å²) < 4.78 is 21.9. The number of rotatable bonds is 8. The van der Waals surface area contributed by atoms with Crippen molar-refractivity contribution in [2.45, 2.75) is 65.1 Å². The minimum Gasteiger partial charge on any atom is -0.493 e. The summed E-state index contributed by atoms with van der Waals surface area (Å²) >= 11 is 0. The largest absolute Gasteiger partial charge is 0.493 e. The molecule has 9 nitrogen and oxygen atoms in total. The second-order valence-electron chi connectivity index (χ2n) is 12.6. The first-order valence-electron chi connectivity index (χ1n) is 14.1. The molecular weight excluding hydrogens is 524 g/mol. The van der Waals surface area contributed by atoms with Crippen molar-refractivity contribution < 1.29 is 33.3 Å². The number of benzene rings is 2. The Balaban J connectivity index is 1.34. The van der Waals surface area contributed by atoms with E-state index in [1.54, 1.807) is 38.8 Å². The number of ether oxygens (including phenoxy) is 4. The molecule has 1 saturated heterocycles. The summed E-state index contributed by atoms with van der Waals surface area (Å²) in [5.41, 5.74) is 1.56. The summed E-state index contributed by atoms with van der Waals surface area (Å²) in [7, 11) is 1.55. The first-order valence-corrected chi connectivity index (χ1v) is 14.1. The molecule has 41 heavy (non-hydrogen) atoms. The van der Waals surface area contributed by atoms with E-state index in [2.05, 4.69) is 4.90 Å². The second-order valence-corrected chi connectivity index (χ2v) is 12.6. The van der Waals surface area contributed by atoms with Crippen LogP contribution >= 0.6 is 0 Å². The van der Waals surface area contributed by atoms with Crippen LogP contribution in [-0.2, 0) is 14.3 Å². The van der Waals surface area contributed by atoms with Crippen molar-refractivity contribution in [3.63, 3.8) is 0 Å². The molecule has 0 bridgehead atoms. The molecule has 0 radical (unpaired) electrons. The predicted octanol–water partition coefficient (Wildman–Crippen LogP) is 5.46. The normalized spacial score (nSPS) is 18.9. The number of Topliss-reactive ketones (excluding diaryl/α,β-unsaturated/α-hetero) is 1. The van der Waals surface area contributed by atoms with E-state index in [1.165, 1.54) is 0 Å². The van der Waals surface area contributed by atoms with Crippen molar-refractivity contribution in [1.29, 1.82) is 0 Å². The Morgan fingerprint density at radius 3 is 2.17 bits per heavy atom. The van der Waals surface area contributed by atoms with Gasteiger partial charge < -0.3 is 28.7 Å². The summed E-state index contributed by atoms with van der Waals surface area (Å²) in [6.45, 7) is 13.3. The monoisotopic (exact) mass is 566 g/mol. The predicted molar refractivity (Wildman–Crippen MR) is 156 cm³/mol. The van der Waals surface area contributed by atoms with Crippen molar-refractivity contribution in [1.82, 2.24) is 4.90 Å². The van der Waals surface area contributed by atoms with Gasteiger partial charge in [0.2, 0.25) is 0 Å². The van der Waals surface area contributed by atoms with Gasteiger partial charge in [0.15, 0.2) is 23.9 Å². The molecule has 4 rings (SSSR count). The van der Waals surface area contributed by atoms with Gasteiger partial charge in [0, 0.05) is 43.3 Å². The Kier molecular flexibility index (Phi) is 8.85.